The van der Waals surface area contributed by atoms with E-state index in [4.69, 9.17) is 4.74 Å². The molecule has 0 radical (unpaired) electrons. The Kier molecular flexibility index (Phi) is 6.02. The van der Waals surface area contributed by atoms with Crippen molar-refractivity contribution in [1.82, 2.24) is 15.5 Å². The molecule has 1 unspecified atom stereocenters. The molecule has 126 valence electrons. The molecule has 1 saturated heterocycles. The van der Waals surface area contributed by atoms with Gasteiger partial charge in [0.1, 0.15) is 0 Å². The minimum atomic E-state index is 0.0832. The maximum absolute atomic E-state index is 12.0. The minimum Gasteiger partial charge on any atom is -0.379 e. The Morgan fingerprint density at radius 1 is 1.22 bits per heavy atom. The summed E-state index contributed by atoms with van der Waals surface area (Å²) >= 11 is 0. The lowest BCUT2D eigenvalue weighted by atomic mass is 10.0. The summed E-state index contributed by atoms with van der Waals surface area (Å²) in [6, 6.07) is 10.6. The number of amides is 1. The first-order chi connectivity index (χ1) is 11.3. The van der Waals surface area contributed by atoms with Crippen LogP contribution >= 0.6 is 0 Å². The van der Waals surface area contributed by atoms with Gasteiger partial charge < -0.3 is 15.4 Å². The molecule has 1 aromatic rings. The van der Waals surface area contributed by atoms with Crippen molar-refractivity contribution in [3.05, 3.63) is 35.9 Å². The molecule has 1 aliphatic heterocycles. The number of benzene rings is 1. The molecule has 1 amide bonds. The maximum Gasteiger partial charge on any atom is 0.234 e. The van der Waals surface area contributed by atoms with Crippen LogP contribution in [0.5, 0.6) is 0 Å². The molecule has 1 aromatic carbocycles. The van der Waals surface area contributed by atoms with Gasteiger partial charge in [0.05, 0.1) is 25.8 Å². The van der Waals surface area contributed by atoms with Gasteiger partial charge in [0.2, 0.25) is 5.91 Å². The molecule has 2 N–H and O–H groups in total. The number of nitrogens with one attached hydrogen (secondary N) is 2. The highest BCUT2D eigenvalue weighted by Crippen LogP contribution is 2.27. The van der Waals surface area contributed by atoms with E-state index in [1.807, 2.05) is 6.07 Å². The Labute approximate surface area is 138 Å². The van der Waals surface area contributed by atoms with E-state index in [1.165, 1.54) is 18.4 Å². The van der Waals surface area contributed by atoms with Crippen molar-refractivity contribution in [3.8, 4) is 0 Å². The van der Waals surface area contributed by atoms with Gasteiger partial charge in [-0.15, -0.1) is 0 Å². The lowest BCUT2D eigenvalue weighted by Crippen LogP contribution is -2.45. The van der Waals surface area contributed by atoms with Gasteiger partial charge in [-0.25, -0.2) is 0 Å². The lowest BCUT2D eigenvalue weighted by molar-refractivity contribution is -0.120. The summed E-state index contributed by atoms with van der Waals surface area (Å²) in [5, 5.41) is 6.33. The molecular formula is C18H27N3O2. The molecule has 1 aliphatic carbocycles. The van der Waals surface area contributed by atoms with E-state index in [1.54, 1.807) is 0 Å². The minimum absolute atomic E-state index is 0.0832. The normalized spacial score (nSPS) is 20.2. The molecule has 23 heavy (non-hydrogen) atoms. The van der Waals surface area contributed by atoms with Crippen molar-refractivity contribution in [2.75, 3.05) is 45.9 Å². The first kappa shape index (κ1) is 16.4. The van der Waals surface area contributed by atoms with E-state index < -0.39 is 0 Å². The second kappa shape index (κ2) is 8.43. The maximum atomic E-state index is 12.0. The zero-order chi connectivity index (χ0) is 15.9. The van der Waals surface area contributed by atoms with Crippen LogP contribution in [0.2, 0.25) is 0 Å². The van der Waals surface area contributed by atoms with Gasteiger partial charge in [-0.2, -0.15) is 0 Å². The van der Waals surface area contributed by atoms with Crippen LogP contribution in [-0.2, 0) is 9.53 Å². The predicted octanol–water partition coefficient (Wildman–Crippen LogP) is 1.18. The van der Waals surface area contributed by atoms with Crippen LogP contribution in [-0.4, -0.2) is 56.7 Å². The fraction of sp³-hybridized carbons (Fsp3) is 0.611. The molecule has 1 heterocycles. The quantitative estimate of drug-likeness (QED) is 0.756. The molecule has 5 nitrogen and oxygen atoms in total. The zero-order valence-corrected chi connectivity index (χ0v) is 13.7. The van der Waals surface area contributed by atoms with Gasteiger partial charge in [0.25, 0.3) is 0 Å². The Hall–Kier alpha value is -1.43. The second-order valence-electron chi connectivity index (χ2n) is 6.45. The van der Waals surface area contributed by atoms with Crippen LogP contribution in [0.4, 0.5) is 0 Å². The Balaban J connectivity index is 1.51. The Morgan fingerprint density at radius 2 is 1.96 bits per heavy atom. The summed E-state index contributed by atoms with van der Waals surface area (Å²) in [5.74, 6) is 0.882. The third-order valence-electron chi connectivity index (χ3n) is 4.58. The Morgan fingerprint density at radius 3 is 2.65 bits per heavy atom. The van der Waals surface area contributed by atoms with Gasteiger partial charge in [0, 0.05) is 19.6 Å². The lowest BCUT2D eigenvalue weighted by Gasteiger charge is -2.35. The topological polar surface area (TPSA) is 53.6 Å². The van der Waals surface area contributed by atoms with E-state index in [2.05, 4.69) is 39.8 Å². The second-order valence-corrected chi connectivity index (χ2v) is 6.45. The van der Waals surface area contributed by atoms with Gasteiger partial charge in [-0.05, 0) is 30.9 Å². The summed E-state index contributed by atoms with van der Waals surface area (Å²) in [4.78, 5) is 14.4. The molecular weight excluding hydrogens is 290 g/mol. The molecule has 0 spiro atoms. The number of carbonyl (C=O) groups is 1. The molecule has 1 saturated carbocycles. The molecule has 5 heteroatoms. The molecule has 0 aromatic heterocycles. The van der Waals surface area contributed by atoms with Crippen LogP contribution in [0.1, 0.15) is 24.4 Å². The van der Waals surface area contributed by atoms with E-state index in [9.17, 15) is 4.79 Å². The van der Waals surface area contributed by atoms with Crippen molar-refractivity contribution in [2.24, 2.45) is 5.92 Å². The summed E-state index contributed by atoms with van der Waals surface area (Å²) in [6.45, 7) is 5.39. The summed E-state index contributed by atoms with van der Waals surface area (Å²) in [6.07, 6.45) is 2.61. The number of rotatable bonds is 8. The molecule has 0 bridgehead atoms. The highest BCUT2D eigenvalue weighted by molar-refractivity contribution is 5.78. The van der Waals surface area contributed by atoms with E-state index in [0.717, 1.165) is 38.8 Å². The highest BCUT2D eigenvalue weighted by Gasteiger charge is 2.23. The van der Waals surface area contributed by atoms with Crippen LogP contribution in [0.25, 0.3) is 0 Å². The van der Waals surface area contributed by atoms with Gasteiger partial charge >= 0.3 is 0 Å². The van der Waals surface area contributed by atoms with Crippen LogP contribution in [0, 0.1) is 5.92 Å². The summed E-state index contributed by atoms with van der Waals surface area (Å²) < 4.78 is 5.45. The number of hydrogen-bond acceptors (Lipinski definition) is 4. The average molecular weight is 317 g/mol. The summed E-state index contributed by atoms with van der Waals surface area (Å²) in [7, 11) is 0. The zero-order valence-electron chi connectivity index (χ0n) is 13.7. The standard InChI is InChI=1S/C18H27N3O2/c22-18(14-19-12-15-6-7-15)20-13-17(16-4-2-1-3-5-16)21-8-10-23-11-9-21/h1-5,15,17,19H,6-14H2,(H,20,22). The van der Waals surface area contributed by atoms with Crippen molar-refractivity contribution < 1.29 is 9.53 Å². The van der Waals surface area contributed by atoms with Crippen molar-refractivity contribution >= 4 is 5.91 Å². The first-order valence-corrected chi connectivity index (χ1v) is 8.67. The number of nitrogens with zero attached hydrogens (tertiary/aromatic N) is 1. The fourth-order valence-corrected chi connectivity index (χ4v) is 3.01. The van der Waals surface area contributed by atoms with E-state index >= 15 is 0 Å². The molecule has 3 rings (SSSR count). The third kappa shape index (κ3) is 5.30. The summed E-state index contributed by atoms with van der Waals surface area (Å²) in [5.41, 5.74) is 1.25. The van der Waals surface area contributed by atoms with E-state index in [-0.39, 0.29) is 11.9 Å². The van der Waals surface area contributed by atoms with Crippen molar-refractivity contribution in [1.29, 1.82) is 0 Å². The average Bonchev–Trinajstić information content (AvgIpc) is 3.41. The van der Waals surface area contributed by atoms with Crippen LogP contribution < -0.4 is 10.6 Å². The smallest absolute Gasteiger partial charge is 0.234 e. The number of carbonyl (C=O) groups excluding carboxylic acids is 1. The number of morpholine rings is 1. The first-order valence-electron chi connectivity index (χ1n) is 8.67. The molecule has 2 fully saturated rings. The van der Waals surface area contributed by atoms with Gasteiger partial charge in [0.15, 0.2) is 0 Å². The number of hydrogen-bond donors (Lipinski definition) is 2. The van der Waals surface area contributed by atoms with E-state index in [0.29, 0.717) is 13.1 Å². The fourth-order valence-electron chi connectivity index (χ4n) is 3.01. The predicted molar refractivity (Wildman–Crippen MR) is 90.2 cm³/mol. The Bertz CT molecular complexity index is 484. The number of ether oxygens (including phenoxy) is 1. The SMILES string of the molecule is O=C(CNCC1CC1)NCC(c1ccccc1)N1CCOCC1. The van der Waals surface area contributed by atoms with Crippen molar-refractivity contribution in [2.45, 2.75) is 18.9 Å². The monoisotopic (exact) mass is 317 g/mol. The molecule has 2 aliphatic rings. The van der Waals surface area contributed by atoms with Gasteiger partial charge in [-0.1, -0.05) is 30.3 Å². The van der Waals surface area contributed by atoms with Crippen LogP contribution in [0.3, 0.4) is 0 Å². The largest absolute Gasteiger partial charge is 0.379 e. The molecule has 1 atom stereocenters. The highest BCUT2D eigenvalue weighted by atomic mass is 16.5. The van der Waals surface area contributed by atoms with Gasteiger partial charge in [-0.3, -0.25) is 9.69 Å². The van der Waals surface area contributed by atoms with Crippen molar-refractivity contribution in [3.63, 3.8) is 0 Å². The third-order valence-corrected chi connectivity index (χ3v) is 4.58. The van der Waals surface area contributed by atoms with Crippen LogP contribution in [0.15, 0.2) is 30.3 Å².